The number of methoxy groups -OCH3 is 1. The van der Waals surface area contributed by atoms with E-state index >= 15 is 0 Å². The van der Waals surface area contributed by atoms with Crippen LogP contribution in [0.25, 0.3) is 0 Å². The zero-order valence-electron chi connectivity index (χ0n) is 11.4. The topological polar surface area (TPSA) is 57.7 Å². The number of hydrogen-bond donors (Lipinski definition) is 1. The lowest BCUT2D eigenvalue weighted by Gasteiger charge is -2.35. The van der Waals surface area contributed by atoms with E-state index in [2.05, 4.69) is 15.2 Å². The van der Waals surface area contributed by atoms with E-state index in [9.17, 15) is 4.79 Å². The molecule has 1 saturated heterocycles. The minimum atomic E-state index is 0.0146. The van der Waals surface area contributed by atoms with Gasteiger partial charge in [-0.15, -0.1) is 0 Å². The number of carbonyl (C=O) groups is 1. The Morgan fingerprint density at radius 2 is 2.16 bits per heavy atom. The molecule has 104 valence electrons. The van der Waals surface area contributed by atoms with E-state index in [1.54, 1.807) is 13.3 Å². The van der Waals surface area contributed by atoms with Gasteiger partial charge in [-0.25, -0.2) is 9.78 Å². The molecule has 0 atom stereocenters. The van der Waals surface area contributed by atoms with Gasteiger partial charge in [0.1, 0.15) is 11.6 Å². The highest BCUT2D eigenvalue weighted by Gasteiger charge is 2.21. The van der Waals surface area contributed by atoms with Crippen LogP contribution in [0.15, 0.2) is 18.3 Å². The Labute approximate surface area is 113 Å². The van der Waals surface area contributed by atoms with Crippen molar-refractivity contribution >= 4 is 11.8 Å². The first-order valence-corrected chi connectivity index (χ1v) is 6.52. The number of nitrogens with one attached hydrogen (secondary N) is 1. The predicted molar refractivity (Wildman–Crippen MR) is 73.6 cm³/mol. The molecule has 0 aliphatic carbocycles. The van der Waals surface area contributed by atoms with Gasteiger partial charge in [-0.3, -0.25) is 0 Å². The molecule has 1 aliphatic heterocycles. The number of nitrogens with zero attached hydrogens (tertiary/aromatic N) is 3. The first-order chi connectivity index (χ1) is 9.24. The molecule has 2 amide bonds. The molecule has 2 heterocycles. The van der Waals surface area contributed by atoms with E-state index in [4.69, 9.17) is 4.74 Å². The van der Waals surface area contributed by atoms with Crippen LogP contribution in [0.3, 0.4) is 0 Å². The van der Waals surface area contributed by atoms with E-state index in [1.165, 1.54) is 0 Å². The number of urea groups is 1. The van der Waals surface area contributed by atoms with Crippen molar-refractivity contribution in [1.82, 2.24) is 15.2 Å². The fourth-order valence-corrected chi connectivity index (χ4v) is 2.10. The van der Waals surface area contributed by atoms with Crippen LogP contribution in [0.2, 0.25) is 0 Å². The normalized spacial score (nSPS) is 15.3. The van der Waals surface area contributed by atoms with Crippen molar-refractivity contribution in [1.29, 1.82) is 0 Å². The van der Waals surface area contributed by atoms with Crippen LogP contribution in [-0.2, 0) is 0 Å². The Balaban J connectivity index is 1.94. The smallest absolute Gasteiger partial charge is 0.317 e. The first-order valence-electron chi connectivity index (χ1n) is 6.52. The minimum absolute atomic E-state index is 0.0146. The summed E-state index contributed by atoms with van der Waals surface area (Å²) in [6.45, 7) is 5.59. The van der Waals surface area contributed by atoms with Crippen molar-refractivity contribution in [3.63, 3.8) is 0 Å². The Bertz CT molecular complexity index is 430. The largest absolute Gasteiger partial charge is 0.497 e. The maximum absolute atomic E-state index is 11.7. The van der Waals surface area contributed by atoms with E-state index in [1.807, 2.05) is 24.0 Å². The third-order valence-corrected chi connectivity index (χ3v) is 3.17. The Kier molecular flexibility index (Phi) is 4.43. The molecule has 0 bridgehead atoms. The molecule has 1 N–H and O–H groups in total. The molecule has 19 heavy (non-hydrogen) atoms. The van der Waals surface area contributed by atoms with Gasteiger partial charge >= 0.3 is 6.03 Å². The zero-order chi connectivity index (χ0) is 13.7. The van der Waals surface area contributed by atoms with Crippen molar-refractivity contribution in [3.05, 3.63) is 18.3 Å². The van der Waals surface area contributed by atoms with Gasteiger partial charge in [-0.2, -0.15) is 0 Å². The van der Waals surface area contributed by atoms with Gasteiger partial charge in [0.05, 0.1) is 7.11 Å². The molecule has 2 rings (SSSR count). The molecular weight excluding hydrogens is 244 g/mol. The number of amides is 2. The standard InChI is InChI=1S/C13H20N4O2/c1-3-14-13(18)17-8-6-16(7-9-17)12-10-11(19-2)4-5-15-12/h4-5,10H,3,6-9H2,1-2H3,(H,14,18). The molecule has 1 aliphatic rings. The highest BCUT2D eigenvalue weighted by Crippen LogP contribution is 2.19. The lowest BCUT2D eigenvalue weighted by molar-refractivity contribution is 0.195. The van der Waals surface area contributed by atoms with E-state index in [-0.39, 0.29) is 6.03 Å². The summed E-state index contributed by atoms with van der Waals surface area (Å²) in [4.78, 5) is 20.0. The third-order valence-electron chi connectivity index (χ3n) is 3.17. The second-order valence-corrected chi connectivity index (χ2v) is 4.36. The van der Waals surface area contributed by atoms with Gasteiger partial charge in [0.15, 0.2) is 0 Å². The van der Waals surface area contributed by atoms with Crippen LogP contribution in [0, 0.1) is 0 Å². The molecule has 0 saturated carbocycles. The quantitative estimate of drug-likeness (QED) is 0.883. The average Bonchev–Trinajstić information content (AvgIpc) is 2.48. The maximum atomic E-state index is 11.7. The van der Waals surface area contributed by atoms with Gasteiger partial charge in [-0.05, 0) is 13.0 Å². The number of hydrogen-bond acceptors (Lipinski definition) is 4. The molecular formula is C13H20N4O2. The summed E-state index contributed by atoms with van der Waals surface area (Å²) in [5.74, 6) is 1.70. The summed E-state index contributed by atoms with van der Waals surface area (Å²) >= 11 is 0. The van der Waals surface area contributed by atoms with Gasteiger partial charge in [-0.1, -0.05) is 0 Å². The van der Waals surface area contributed by atoms with Crippen molar-refractivity contribution in [2.45, 2.75) is 6.92 Å². The van der Waals surface area contributed by atoms with Crippen molar-refractivity contribution < 1.29 is 9.53 Å². The second kappa shape index (κ2) is 6.26. The number of pyridine rings is 1. The zero-order valence-corrected chi connectivity index (χ0v) is 11.4. The van der Waals surface area contributed by atoms with Gasteiger partial charge in [0.2, 0.25) is 0 Å². The van der Waals surface area contributed by atoms with E-state index in [0.29, 0.717) is 19.6 Å². The Hall–Kier alpha value is -1.98. The summed E-state index contributed by atoms with van der Waals surface area (Å²) in [6, 6.07) is 3.76. The summed E-state index contributed by atoms with van der Waals surface area (Å²) in [6.07, 6.45) is 1.74. The fourth-order valence-electron chi connectivity index (χ4n) is 2.10. The van der Waals surface area contributed by atoms with Crippen LogP contribution in [0.1, 0.15) is 6.92 Å². The predicted octanol–water partition coefficient (Wildman–Crippen LogP) is 0.942. The highest BCUT2D eigenvalue weighted by molar-refractivity contribution is 5.74. The lowest BCUT2D eigenvalue weighted by atomic mass is 10.3. The molecule has 1 fully saturated rings. The average molecular weight is 264 g/mol. The summed E-state index contributed by atoms with van der Waals surface area (Å²) < 4.78 is 5.20. The summed E-state index contributed by atoms with van der Waals surface area (Å²) in [5.41, 5.74) is 0. The maximum Gasteiger partial charge on any atom is 0.317 e. The van der Waals surface area contributed by atoms with Gasteiger partial charge in [0, 0.05) is 45.0 Å². The van der Waals surface area contributed by atoms with E-state index < -0.39 is 0 Å². The third kappa shape index (κ3) is 3.27. The van der Waals surface area contributed by atoms with Crippen LogP contribution in [-0.4, -0.2) is 55.7 Å². The van der Waals surface area contributed by atoms with Gasteiger partial charge in [0.25, 0.3) is 0 Å². The summed E-state index contributed by atoms with van der Waals surface area (Å²) in [5, 5.41) is 2.82. The lowest BCUT2D eigenvalue weighted by Crippen LogP contribution is -2.52. The molecule has 1 aromatic rings. The summed E-state index contributed by atoms with van der Waals surface area (Å²) in [7, 11) is 1.64. The molecule has 0 spiro atoms. The van der Waals surface area contributed by atoms with Crippen LogP contribution in [0.5, 0.6) is 5.75 Å². The molecule has 6 heteroatoms. The number of anilines is 1. The fraction of sp³-hybridized carbons (Fsp3) is 0.538. The van der Waals surface area contributed by atoms with Crippen molar-refractivity contribution in [3.8, 4) is 5.75 Å². The molecule has 0 aromatic carbocycles. The minimum Gasteiger partial charge on any atom is -0.497 e. The first kappa shape index (κ1) is 13.5. The number of piperazine rings is 1. The van der Waals surface area contributed by atoms with Crippen molar-refractivity contribution in [2.75, 3.05) is 44.7 Å². The molecule has 0 radical (unpaired) electrons. The Morgan fingerprint density at radius 1 is 1.42 bits per heavy atom. The number of carbonyl (C=O) groups excluding carboxylic acids is 1. The van der Waals surface area contributed by atoms with Crippen LogP contribution >= 0.6 is 0 Å². The molecule has 0 unspecified atom stereocenters. The number of aromatic nitrogens is 1. The molecule has 1 aromatic heterocycles. The van der Waals surface area contributed by atoms with Crippen LogP contribution < -0.4 is 15.0 Å². The van der Waals surface area contributed by atoms with Gasteiger partial charge < -0.3 is 19.9 Å². The number of rotatable bonds is 3. The van der Waals surface area contributed by atoms with Crippen molar-refractivity contribution in [2.24, 2.45) is 0 Å². The SMILES string of the molecule is CCNC(=O)N1CCN(c2cc(OC)ccn2)CC1. The van der Waals surface area contributed by atoms with Crippen LogP contribution in [0.4, 0.5) is 10.6 Å². The Morgan fingerprint density at radius 3 is 2.79 bits per heavy atom. The number of ether oxygens (including phenoxy) is 1. The van der Waals surface area contributed by atoms with E-state index in [0.717, 1.165) is 24.7 Å². The molecule has 6 nitrogen and oxygen atoms in total. The monoisotopic (exact) mass is 264 g/mol. The highest BCUT2D eigenvalue weighted by atomic mass is 16.5. The second-order valence-electron chi connectivity index (χ2n) is 4.36.